The maximum atomic E-state index is 14.0. The van der Waals surface area contributed by atoms with Crippen molar-refractivity contribution in [3.05, 3.63) is 128 Å². The van der Waals surface area contributed by atoms with Gasteiger partial charge in [0, 0.05) is 24.4 Å². The molecule has 238 valence electrons. The van der Waals surface area contributed by atoms with Gasteiger partial charge in [0.25, 0.3) is 5.56 Å². The van der Waals surface area contributed by atoms with Crippen LogP contribution in [0.3, 0.4) is 0 Å². The highest BCUT2D eigenvalue weighted by molar-refractivity contribution is 5.62. The van der Waals surface area contributed by atoms with Crippen molar-refractivity contribution in [1.29, 1.82) is 0 Å². The van der Waals surface area contributed by atoms with Gasteiger partial charge in [0.15, 0.2) is 5.60 Å². The van der Waals surface area contributed by atoms with Gasteiger partial charge in [-0.1, -0.05) is 60.7 Å². The largest absolute Gasteiger partial charge is 0.497 e. The number of aryl methyl sites for hydroxylation is 1. The van der Waals surface area contributed by atoms with Crippen LogP contribution in [0, 0.1) is 6.92 Å². The highest BCUT2D eigenvalue weighted by Gasteiger charge is 2.78. The van der Waals surface area contributed by atoms with E-state index in [0.29, 0.717) is 28.2 Å². The minimum absolute atomic E-state index is 0.133. The van der Waals surface area contributed by atoms with Crippen molar-refractivity contribution in [2.24, 2.45) is 0 Å². The molecule has 1 unspecified atom stereocenters. The third-order valence-electron chi connectivity index (χ3n) is 9.02. The number of H-pyrrole nitrogens is 1. The summed E-state index contributed by atoms with van der Waals surface area (Å²) < 4.78 is 25.0. The molecule has 0 bridgehead atoms. The fourth-order valence-electron chi connectivity index (χ4n) is 6.92. The van der Waals surface area contributed by atoms with E-state index in [4.69, 9.17) is 18.9 Å². The second-order valence-corrected chi connectivity index (χ2v) is 11.1. The van der Waals surface area contributed by atoms with Crippen LogP contribution in [0.4, 0.5) is 0 Å². The molecule has 4 N–H and O–H groups in total. The predicted octanol–water partition coefficient (Wildman–Crippen LogP) is 2.07. The number of hydrogen-bond acceptors (Lipinski definition) is 9. The van der Waals surface area contributed by atoms with E-state index >= 15 is 0 Å². The van der Waals surface area contributed by atoms with Crippen LogP contribution in [0.5, 0.6) is 11.5 Å². The van der Waals surface area contributed by atoms with Gasteiger partial charge in [-0.25, -0.2) is 4.79 Å². The van der Waals surface area contributed by atoms with E-state index in [-0.39, 0.29) is 5.56 Å². The van der Waals surface area contributed by atoms with Gasteiger partial charge < -0.3 is 34.3 Å². The van der Waals surface area contributed by atoms with Gasteiger partial charge in [-0.2, -0.15) is 0 Å². The van der Waals surface area contributed by atoms with E-state index in [9.17, 15) is 24.9 Å². The monoisotopic (exact) mass is 618 g/mol. The van der Waals surface area contributed by atoms with Gasteiger partial charge in [-0.05, 0) is 43.2 Å². The average Bonchev–Trinajstić information content (AvgIpc) is 3.30. The molecule has 1 saturated heterocycles. The lowest BCUT2D eigenvalue weighted by molar-refractivity contribution is -0.263. The van der Waals surface area contributed by atoms with E-state index in [1.54, 1.807) is 73.7 Å². The van der Waals surface area contributed by atoms with Crippen LogP contribution in [-0.2, 0) is 20.6 Å². The maximum absolute atomic E-state index is 14.0. The number of aromatic amines is 1. The minimum Gasteiger partial charge on any atom is -0.497 e. The van der Waals surface area contributed by atoms with Gasteiger partial charge >= 0.3 is 5.69 Å². The molecule has 0 spiro atoms. The van der Waals surface area contributed by atoms with Crippen molar-refractivity contribution in [2.45, 2.75) is 48.9 Å². The molecule has 4 aromatic rings. The molecule has 0 aliphatic carbocycles. The summed E-state index contributed by atoms with van der Waals surface area (Å²) in [7, 11) is 4.36. The zero-order chi connectivity index (χ0) is 32.6. The van der Waals surface area contributed by atoms with Crippen molar-refractivity contribution in [2.75, 3.05) is 27.9 Å². The minimum atomic E-state index is -2.60. The fourth-order valence-corrected chi connectivity index (χ4v) is 6.92. The normalized spacial score (nSPS) is 23.9. The van der Waals surface area contributed by atoms with Gasteiger partial charge in [-0.3, -0.25) is 14.3 Å². The number of aliphatic hydroxyl groups excluding tert-OH is 2. The molecular weight excluding hydrogens is 580 g/mol. The molecule has 1 aliphatic rings. The number of ether oxygens (including phenoxy) is 4. The molecule has 45 heavy (non-hydrogen) atoms. The number of nitrogens with one attached hydrogen (secondary N) is 1. The standard InChI is InChI=1S/C34H38N2O9/c1-21-19-36(31(40)35-30(21)39)34(22(2)42-3)33(41,29(38)28(20-37)45-34)32(23-12-8-6-9-13-23,24-14-10-7-11-15-24)26-18-25(43-4)16-17-27(26)44-5/h6-19,22,28-29,37-38,41H,20H2,1-5H3,(H,35,39,40)/t22?,28-,29-,33+,34-/m1/s1. The van der Waals surface area contributed by atoms with E-state index in [1.807, 2.05) is 12.1 Å². The van der Waals surface area contributed by atoms with Crippen LogP contribution in [0.15, 0.2) is 94.6 Å². The molecular formula is C34H38N2O9. The van der Waals surface area contributed by atoms with E-state index in [0.717, 1.165) is 4.57 Å². The van der Waals surface area contributed by atoms with Gasteiger partial charge in [0.05, 0.1) is 26.2 Å². The first-order chi connectivity index (χ1) is 21.6. The van der Waals surface area contributed by atoms with Crippen LogP contribution < -0.4 is 20.7 Å². The second kappa shape index (κ2) is 12.3. The molecule has 1 aliphatic heterocycles. The Labute approximate surface area is 260 Å². The van der Waals surface area contributed by atoms with Gasteiger partial charge in [0.2, 0.25) is 5.72 Å². The lowest BCUT2D eigenvalue weighted by Gasteiger charge is -2.56. The summed E-state index contributed by atoms with van der Waals surface area (Å²) in [4.78, 5) is 28.7. The zero-order valence-corrected chi connectivity index (χ0v) is 25.8. The van der Waals surface area contributed by atoms with Crippen LogP contribution in [-0.4, -0.2) is 76.7 Å². The summed E-state index contributed by atoms with van der Waals surface area (Å²) in [6.07, 6.45) is -3.21. The summed E-state index contributed by atoms with van der Waals surface area (Å²) >= 11 is 0. The number of rotatable bonds is 10. The third kappa shape index (κ3) is 4.53. The third-order valence-corrected chi connectivity index (χ3v) is 9.02. The maximum Gasteiger partial charge on any atom is 0.330 e. The number of nitrogens with zero attached hydrogens (tertiary/aromatic N) is 1. The summed E-state index contributed by atoms with van der Waals surface area (Å²) in [6, 6.07) is 23.0. The van der Waals surface area contributed by atoms with Crippen molar-refractivity contribution < 1.29 is 34.3 Å². The lowest BCUT2D eigenvalue weighted by atomic mass is 9.53. The molecule has 11 heteroatoms. The molecule has 5 atom stereocenters. The van der Waals surface area contributed by atoms with Crippen molar-refractivity contribution >= 4 is 0 Å². The Morgan fingerprint density at radius 3 is 2.09 bits per heavy atom. The zero-order valence-electron chi connectivity index (χ0n) is 25.8. The summed E-state index contributed by atoms with van der Waals surface area (Å²) in [5.41, 5.74) is -6.84. The highest BCUT2D eigenvalue weighted by atomic mass is 16.6. The average molecular weight is 619 g/mol. The van der Waals surface area contributed by atoms with E-state index in [1.165, 1.54) is 34.4 Å². The topological polar surface area (TPSA) is 152 Å². The van der Waals surface area contributed by atoms with Crippen LogP contribution >= 0.6 is 0 Å². The highest BCUT2D eigenvalue weighted by Crippen LogP contribution is 2.62. The molecule has 0 radical (unpaired) electrons. The Balaban J connectivity index is 2.12. The fraction of sp³-hybridized carbons (Fsp3) is 0.353. The van der Waals surface area contributed by atoms with Crippen LogP contribution in [0.2, 0.25) is 0 Å². The lowest BCUT2D eigenvalue weighted by Crippen LogP contribution is -2.74. The Bertz CT molecular complexity index is 1720. The van der Waals surface area contributed by atoms with E-state index in [2.05, 4.69) is 4.98 Å². The quantitative estimate of drug-likeness (QED) is 0.196. The number of hydrogen-bond donors (Lipinski definition) is 4. The number of aromatic nitrogens is 2. The molecule has 2 heterocycles. The van der Waals surface area contributed by atoms with Gasteiger partial charge in [0.1, 0.15) is 29.8 Å². The number of benzene rings is 3. The molecule has 3 aromatic carbocycles. The SMILES string of the molecule is COc1ccc(OC)c(C(c2ccccc2)(c2ccccc2)[C@@]2(O)[C@H](O)[C@@H](CO)O[C@@]2(C(C)OC)n2cc(C)c(=O)[nH]c2=O)c1. The Morgan fingerprint density at radius 2 is 1.58 bits per heavy atom. The van der Waals surface area contributed by atoms with Crippen molar-refractivity contribution in [3.63, 3.8) is 0 Å². The molecule has 1 aromatic heterocycles. The smallest absolute Gasteiger partial charge is 0.330 e. The first-order valence-corrected chi connectivity index (χ1v) is 14.5. The molecule has 11 nitrogen and oxygen atoms in total. The van der Waals surface area contributed by atoms with Crippen LogP contribution in [0.1, 0.15) is 29.2 Å². The molecule has 0 saturated carbocycles. The second-order valence-electron chi connectivity index (χ2n) is 11.1. The van der Waals surface area contributed by atoms with Crippen LogP contribution in [0.25, 0.3) is 0 Å². The molecule has 5 rings (SSSR count). The molecule has 0 amide bonds. The first-order valence-electron chi connectivity index (χ1n) is 14.5. The number of methoxy groups -OCH3 is 3. The number of aliphatic hydroxyl groups is 3. The Kier molecular flexibility index (Phi) is 8.76. The van der Waals surface area contributed by atoms with Gasteiger partial charge in [-0.15, -0.1) is 0 Å². The Hall–Kier alpha value is -4.26. The van der Waals surface area contributed by atoms with Crippen molar-refractivity contribution in [3.8, 4) is 11.5 Å². The summed E-state index contributed by atoms with van der Waals surface area (Å²) in [5, 5.41) is 37.0. The predicted molar refractivity (Wildman–Crippen MR) is 166 cm³/mol. The summed E-state index contributed by atoms with van der Waals surface area (Å²) in [5.74, 6) is 0.737. The Morgan fingerprint density at radius 1 is 0.978 bits per heavy atom. The first kappa shape index (κ1) is 32.1. The van der Waals surface area contributed by atoms with E-state index < -0.39 is 52.9 Å². The molecule has 1 fully saturated rings. The van der Waals surface area contributed by atoms with Crippen molar-refractivity contribution in [1.82, 2.24) is 9.55 Å². The summed E-state index contributed by atoms with van der Waals surface area (Å²) in [6.45, 7) is 2.35.